The van der Waals surface area contributed by atoms with Crippen molar-refractivity contribution in [3.63, 3.8) is 0 Å². The molecule has 1 amide bonds. The van der Waals surface area contributed by atoms with Crippen LogP contribution in [0.15, 0.2) is 65.3 Å². The molecular formula is C21H15F2N3OS2. The second kappa shape index (κ2) is 8.26. The fourth-order valence-electron chi connectivity index (χ4n) is 2.80. The molecule has 0 bridgehead atoms. The average Bonchev–Trinajstić information content (AvgIpc) is 3.15. The van der Waals surface area contributed by atoms with Crippen LogP contribution in [-0.4, -0.2) is 21.1 Å². The van der Waals surface area contributed by atoms with Gasteiger partial charge in [-0.3, -0.25) is 4.79 Å². The normalized spacial score (nSPS) is 12.1. The molecule has 0 aliphatic carbocycles. The van der Waals surface area contributed by atoms with E-state index in [1.54, 1.807) is 31.2 Å². The number of fused-ring (bicyclic) bond motifs is 1. The fraction of sp³-hybridized carbons (Fsp3) is 0.0952. The van der Waals surface area contributed by atoms with Crippen LogP contribution in [0.4, 0.5) is 14.5 Å². The number of hydrogen-bond donors (Lipinski definition) is 1. The Hall–Kier alpha value is -2.84. The molecule has 1 N–H and O–H groups in total. The Bertz CT molecular complexity index is 1180. The lowest BCUT2D eigenvalue weighted by Gasteiger charge is -2.13. The Labute approximate surface area is 174 Å². The van der Waals surface area contributed by atoms with Gasteiger partial charge in [0.2, 0.25) is 5.91 Å². The van der Waals surface area contributed by atoms with E-state index in [0.717, 1.165) is 21.3 Å². The number of nitrogens with zero attached hydrogens (tertiary/aromatic N) is 2. The molecule has 4 aromatic rings. The van der Waals surface area contributed by atoms with Crippen molar-refractivity contribution in [1.29, 1.82) is 0 Å². The van der Waals surface area contributed by atoms with Crippen LogP contribution >= 0.6 is 23.1 Å². The van der Waals surface area contributed by atoms with E-state index < -0.39 is 11.1 Å². The SMILES string of the molecule is CC(Sc1ncnc2scc(-c3ccc(F)cc3)c12)C(=O)Nc1ccccc1F. The van der Waals surface area contributed by atoms with Crippen LogP contribution in [0.2, 0.25) is 0 Å². The predicted octanol–water partition coefficient (Wildman–Crippen LogP) is 5.76. The van der Waals surface area contributed by atoms with Crippen molar-refractivity contribution in [2.45, 2.75) is 17.2 Å². The number of thioether (sulfide) groups is 1. The smallest absolute Gasteiger partial charge is 0.237 e. The highest BCUT2D eigenvalue weighted by molar-refractivity contribution is 8.00. The van der Waals surface area contributed by atoms with Crippen LogP contribution in [0.5, 0.6) is 0 Å². The lowest BCUT2D eigenvalue weighted by Crippen LogP contribution is -2.23. The summed E-state index contributed by atoms with van der Waals surface area (Å²) in [6.45, 7) is 1.73. The third-order valence-electron chi connectivity index (χ3n) is 4.28. The van der Waals surface area contributed by atoms with Crippen LogP contribution in [0.3, 0.4) is 0 Å². The van der Waals surface area contributed by atoms with E-state index in [2.05, 4.69) is 15.3 Å². The van der Waals surface area contributed by atoms with Crippen molar-refractivity contribution >= 4 is 44.9 Å². The summed E-state index contributed by atoms with van der Waals surface area (Å²) in [6.07, 6.45) is 1.46. The monoisotopic (exact) mass is 427 g/mol. The number of rotatable bonds is 5. The Balaban J connectivity index is 1.62. The van der Waals surface area contributed by atoms with Gasteiger partial charge in [0, 0.05) is 10.9 Å². The maximum Gasteiger partial charge on any atom is 0.237 e. The molecule has 2 aromatic heterocycles. The number of aromatic nitrogens is 2. The van der Waals surface area contributed by atoms with Crippen molar-refractivity contribution < 1.29 is 13.6 Å². The molecule has 0 aliphatic heterocycles. The molecule has 146 valence electrons. The summed E-state index contributed by atoms with van der Waals surface area (Å²) in [4.78, 5) is 22.0. The summed E-state index contributed by atoms with van der Waals surface area (Å²) in [5, 5.41) is 5.50. The van der Waals surface area contributed by atoms with E-state index in [1.165, 1.54) is 53.7 Å². The molecule has 0 saturated heterocycles. The van der Waals surface area contributed by atoms with E-state index in [1.807, 2.05) is 5.38 Å². The molecule has 2 aromatic carbocycles. The Morgan fingerprint density at radius 2 is 1.86 bits per heavy atom. The number of halogens is 2. The molecule has 29 heavy (non-hydrogen) atoms. The van der Waals surface area contributed by atoms with Crippen molar-refractivity contribution in [3.05, 3.63) is 71.9 Å². The largest absolute Gasteiger partial charge is 0.323 e. The zero-order valence-corrected chi connectivity index (χ0v) is 16.9. The predicted molar refractivity (Wildman–Crippen MR) is 113 cm³/mol. The van der Waals surface area contributed by atoms with Gasteiger partial charge in [0.1, 0.15) is 27.8 Å². The molecule has 2 heterocycles. The highest BCUT2D eigenvalue weighted by atomic mass is 32.2. The molecule has 0 saturated carbocycles. The summed E-state index contributed by atoms with van der Waals surface area (Å²) < 4.78 is 27.1. The zero-order valence-electron chi connectivity index (χ0n) is 15.2. The number of carbonyl (C=O) groups excluding carboxylic acids is 1. The van der Waals surface area contributed by atoms with Gasteiger partial charge in [-0.05, 0) is 36.8 Å². The molecular weight excluding hydrogens is 412 g/mol. The highest BCUT2D eigenvalue weighted by Gasteiger charge is 2.20. The third kappa shape index (κ3) is 4.13. The maximum atomic E-state index is 13.8. The molecule has 4 nitrogen and oxygen atoms in total. The zero-order chi connectivity index (χ0) is 20.4. The molecule has 1 atom stereocenters. The standard InChI is InChI=1S/C21H15F2N3OS2/c1-12(19(27)26-17-5-3-2-4-16(17)23)29-21-18-15(10-28-20(18)24-11-25-21)13-6-8-14(22)9-7-13/h2-12H,1H3,(H,26,27). The van der Waals surface area contributed by atoms with Crippen molar-refractivity contribution in [2.24, 2.45) is 0 Å². The second-order valence-electron chi connectivity index (χ2n) is 6.24. The van der Waals surface area contributed by atoms with Crippen molar-refractivity contribution in [3.8, 4) is 11.1 Å². The van der Waals surface area contributed by atoms with E-state index in [4.69, 9.17) is 0 Å². The number of para-hydroxylation sites is 1. The van der Waals surface area contributed by atoms with Gasteiger partial charge in [-0.1, -0.05) is 36.0 Å². The quantitative estimate of drug-likeness (QED) is 0.325. The number of hydrogen-bond acceptors (Lipinski definition) is 5. The van der Waals surface area contributed by atoms with E-state index in [9.17, 15) is 13.6 Å². The molecule has 0 aliphatic rings. The first-order valence-corrected chi connectivity index (χ1v) is 10.5. The number of carbonyl (C=O) groups is 1. The Morgan fingerprint density at radius 1 is 1.10 bits per heavy atom. The van der Waals surface area contributed by atoms with E-state index in [0.29, 0.717) is 5.03 Å². The molecule has 0 radical (unpaired) electrons. The van der Waals surface area contributed by atoms with Crippen molar-refractivity contribution in [1.82, 2.24) is 9.97 Å². The van der Waals surface area contributed by atoms with Crippen LogP contribution in [-0.2, 0) is 4.79 Å². The minimum atomic E-state index is -0.520. The average molecular weight is 428 g/mol. The van der Waals surface area contributed by atoms with Gasteiger partial charge < -0.3 is 5.32 Å². The van der Waals surface area contributed by atoms with Gasteiger partial charge in [0.05, 0.1) is 16.3 Å². The van der Waals surface area contributed by atoms with Gasteiger partial charge in [0.25, 0.3) is 0 Å². The molecule has 0 spiro atoms. The summed E-state index contributed by atoms with van der Waals surface area (Å²) in [5.41, 5.74) is 1.87. The van der Waals surface area contributed by atoms with Gasteiger partial charge in [-0.2, -0.15) is 0 Å². The van der Waals surface area contributed by atoms with Gasteiger partial charge >= 0.3 is 0 Å². The third-order valence-corrected chi connectivity index (χ3v) is 6.27. The van der Waals surface area contributed by atoms with E-state index in [-0.39, 0.29) is 17.4 Å². The summed E-state index contributed by atoms with van der Waals surface area (Å²) in [6, 6.07) is 12.2. The number of nitrogens with one attached hydrogen (secondary N) is 1. The van der Waals surface area contributed by atoms with Crippen molar-refractivity contribution in [2.75, 3.05) is 5.32 Å². The topological polar surface area (TPSA) is 54.9 Å². The first kappa shape index (κ1) is 19.5. The Kier molecular flexibility index (Phi) is 5.55. The summed E-state index contributed by atoms with van der Waals surface area (Å²) in [5.74, 6) is -1.12. The van der Waals surface area contributed by atoms with Gasteiger partial charge in [-0.15, -0.1) is 11.3 Å². The lowest BCUT2D eigenvalue weighted by atomic mass is 10.1. The number of anilines is 1. The van der Waals surface area contributed by atoms with Gasteiger partial charge in [0.15, 0.2) is 0 Å². The Morgan fingerprint density at radius 3 is 2.62 bits per heavy atom. The van der Waals surface area contributed by atoms with Gasteiger partial charge in [-0.25, -0.2) is 18.7 Å². The summed E-state index contributed by atoms with van der Waals surface area (Å²) >= 11 is 2.73. The lowest BCUT2D eigenvalue weighted by molar-refractivity contribution is -0.115. The highest BCUT2D eigenvalue weighted by Crippen LogP contribution is 2.39. The molecule has 4 rings (SSSR count). The van der Waals surface area contributed by atoms with Crippen LogP contribution < -0.4 is 5.32 Å². The molecule has 1 unspecified atom stereocenters. The minimum Gasteiger partial charge on any atom is -0.323 e. The maximum absolute atomic E-state index is 13.8. The number of amides is 1. The molecule has 0 fully saturated rings. The first-order chi connectivity index (χ1) is 14.0. The number of thiophene rings is 1. The number of benzene rings is 2. The summed E-state index contributed by atoms with van der Waals surface area (Å²) in [7, 11) is 0. The van der Waals surface area contributed by atoms with Crippen LogP contribution in [0.1, 0.15) is 6.92 Å². The first-order valence-electron chi connectivity index (χ1n) is 8.73. The molecule has 8 heteroatoms. The van der Waals surface area contributed by atoms with Crippen LogP contribution in [0, 0.1) is 11.6 Å². The fourth-order valence-corrected chi connectivity index (χ4v) is 4.71. The van der Waals surface area contributed by atoms with Crippen LogP contribution in [0.25, 0.3) is 21.3 Å². The second-order valence-corrected chi connectivity index (χ2v) is 8.43. The van der Waals surface area contributed by atoms with E-state index >= 15 is 0 Å². The minimum absolute atomic E-state index is 0.139.